The maximum atomic E-state index is 12.5. The zero-order valence-electron chi connectivity index (χ0n) is 16.7. The number of nitrogens with two attached hydrogens (primary N) is 1. The topological polar surface area (TPSA) is 72.5 Å². The molecule has 3 N–H and O–H groups in total. The first kappa shape index (κ1) is 20.6. The lowest BCUT2D eigenvalue weighted by Gasteiger charge is -2.21. The average molecular weight is 367 g/mol. The second-order valence-corrected chi connectivity index (χ2v) is 7.21. The van der Waals surface area contributed by atoms with E-state index in [9.17, 15) is 9.90 Å². The van der Waals surface area contributed by atoms with E-state index in [4.69, 9.17) is 10.5 Å². The van der Waals surface area contributed by atoms with Crippen molar-refractivity contribution >= 4 is 17.5 Å². The first-order valence-corrected chi connectivity index (χ1v) is 9.36. The summed E-state index contributed by atoms with van der Waals surface area (Å²) >= 11 is 0. The van der Waals surface area contributed by atoms with Gasteiger partial charge in [0.05, 0.1) is 12.2 Å². The number of allylic oxidation sites excluding steroid dienone is 1. The smallest absolute Gasteiger partial charge is 0.185 e. The Hall–Kier alpha value is -2.75. The van der Waals surface area contributed by atoms with Gasteiger partial charge in [-0.15, -0.1) is 0 Å². The molecule has 0 bridgehead atoms. The van der Waals surface area contributed by atoms with E-state index in [-0.39, 0.29) is 23.4 Å². The lowest BCUT2D eigenvalue weighted by molar-refractivity contribution is 0.104. The van der Waals surface area contributed by atoms with Gasteiger partial charge in [0.15, 0.2) is 5.78 Å². The van der Waals surface area contributed by atoms with Gasteiger partial charge in [0.25, 0.3) is 0 Å². The van der Waals surface area contributed by atoms with Crippen molar-refractivity contribution in [3.05, 3.63) is 58.7 Å². The van der Waals surface area contributed by atoms with Gasteiger partial charge in [-0.3, -0.25) is 4.79 Å². The van der Waals surface area contributed by atoms with Gasteiger partial charge in [0, 0.05) is 11.3 Å². The summed E-state index contributed by atoms with van der Waals surface area (Å²) in [4.78, 5) is 12.5. The van der Waals surface area contributed by atoms with E-state index in [1.807, 2.05) is 26.8 Å². The van der Waals surface area contributed by atoms with E-state index in [1.54, 1.807) is 30.3 Å². The lowest BCUT2D eigenvalue weighted by Crippen LogP contribution is -2.04. The van der Waals surface area contributed by atoms with Crippen LogP contribution in [0.1, 0.15) is 73.5 Å². The number of ketones is 1. The third kappa shape index (κ3) is 4.70. The molecule has 0 radical (unpaired) electrons. The van der Waals surface area contributed by atoms with Gasteiger partial charge in [0.1, 0.15) is 11.5 Å². The fraction of sp³-hybridized carbons (Fsp3) is 0.348. The van der Waals surface area contributed by atoms with Crippen molar-refractivity contribution in [1.82, 2.24) is 0 Å². The van der Waals surface area contributed by atoms with E-state index in [0.29, 0.717) is 29.2 Å². The maximum absolute atomic E-state index is 12.5. The molecule has 4 heteroatoms. The van der Waals surface area contributed by atoms with Crippen LogP contribution in [0.2, 0.25) is 0 Å². The molecule has 0 aliphatic heterocycles. The van der Waals surface area contributed by atoms with Crippen LogP contribution < -0.4 is 10.5 Å². The number of ether oxygens (including phenoxy) is 1. The Morgan fingerprint density at radius 1 is 1.11 bits per heavy atom. The molecular formula is C23H29NO3. The summed E-state index contributed by atoms with van der Waals surface area (Å²) < 4.78 is 5.86. The van der Waals surface area contributed by atoms with Crippen LogP contribution in [0, 0.1) is 0 Å². The minimum Gasteiger partial charge on any atom is -0.507 e. The van der Waals surface area contributed by atoms with Gasteiger partial charge in [-0.2, -0.15) is 0 Å². The van der Waals surface area contributed by atoms with Crippen LogP contribution in [-0.2, 0) is 0 Å². The fourth-order valence-corrected chi connectivity index (χ4v) is 2.95. The molecule has 0 aromatic heterocycles. The molecule has 0 amide bonds. The van der Waals surface area contributed by atoms with Crippen LogP contribution in [0.3, 0.4) is 0 Å². The summed E-state index contributed by atoms with van der Waals surface area (Å²) in [7, 11) is 0. The lowest BCUT2D eigenvalue weighted by atomic mass is 9.90. The number of hydrogen-bond donors (Lipinski definition) is 2. The van der Waals surface area contributed by atoms with Crippen molar-refractivity contribution in [3.63, 3.8) is 0 Å². The highest BCUT2D eigenvalue weighted by Gasteiger charge is 2.20. The Balaban J connectivity index is 2.55. The second-order valence-electron chi connectivity index (χ2n) is 7.21. The number of phenols is 1. The van der Waals surface area contributed by atoms with Gasteiger partial charge in [-0.25, -0.2) is 0 Å². The molecule has 0 unspecified atom stereocenters. The standard InChI is InChI=1S/C23H29NO3/c1-6-27-23-18(11-12-21(25)16-7-9-17(24)10-8-16)22(26)19(14(2)3)13-20(23)15(4)5/h7-15,26H,6,24H2,1-5H3/b12-11+. The number of carbonyl (C=O) groups is 1. The molecule has 2 aromatic carbocycles. The van der Waals surface area contributed by atoms with Gasteiger partial charge in [-0.1, -0.05) is 27.7 Å². The maximum Gasteiger partial charge on any atom is 0.185 e. The van der Waals surface area contributed by atoms with E-state index >= 15 is 0 Å². The van der Waals surface area contributed by atoms with Crippen molar-refractivity contribution in [2.45, 2.75) is 46.5 Å². The molecule has 0 saturated carbocycles. The highest BCUT2D eigenvalue weighted by Crippen LogP contribution is 2.42. The second kappa shape index (κ2) is 8.76. The predicted octanol–water partition coefficient (Wildman–Crippen LogP) is 5.52. The van der Waals surface area contributed by atoms with Crippen LogP contribution >= 0.6 is 0 Å². The molecule has 27 heavy (non-hydrogen) atoms. The fourth-order valence-electron chi connectivity index (χ4n) is 2.95. The van der Waals surface area contributed by atoms with Crippen LogP contribution in [0.25, 0.3) is 6.08 Å². The molecule has 0 atom stereocenters. The zero-order chi connectivity index (χ0) is 20.1. The van der Waals surface area contributed by atoms with Gasteiger partial charge in [-0.05, 0) is 72.4 Å². The minimum absolute atomic E-state index is 0.151. The van der Waals surface area contributed by atoms with Gasteiger partial charge in [0.2, 0.25) is 0 Å². The molecule has 0 saturated heterocycles. The summed E-state index contributed by atoms with van der Waals surface area (Å²) in [6.07, 6.45) is 3.12. The summed E-state index contributed by atoms with van der Waals surface area (Å²) in [5.41, 5.74) is 9.25. The normalized spacial score (nSPS) is 11.5. The molecule has 0 fully saturated rings. The number of anilines is 1. The van der Waals surface area contributed by atoms with Gasteiger partial charge < -0.3 is 15.6 Å². The molecule has 2 rings (SSSR count). The highest BCUT2D eigenvalue weighted by atomic mass is 16.5. The first-order valence-electron chi connectivity index (χ1n) is 9.36. The number of rotatable bonds is 7. The van der Waals surface area contributed by atoms with Crippen molar-refractivity contribution in [3.8, 4) is 11.5 Å². The van der Waals surface area contributed by atoms with Crippen molar-refractivity contribution < 1.29 is 14.6 Å². The molecular weight excluding hydrogens is 338 g/mol. The van der Waals surface area contributed by atoms with Gasteiger partial charge >= 0.3 is 0 Å². The summed E-state index contributed by atoms with van der Waals surface area (Å²) in [6, 6.07) is 8.78. The summed E-state index contributed by atoms with van der Waals surface area (Å²) in [5.74, 6) is 1.02. The number of hydrogen-bond acceptors (Lipinski definition) is 4. The molecule has 0 aliphatic carbocycles. The van der Waals surface area contributed by atoms with Crippen molar-refractivity contribution in [2.75, 3.05) is 12.3 Å². The average Bonchev–Trinajstić information content (AvgIpc) is 2.61. The summed E-state index contributed by atoms with van der Waals surface area (Å²) in [6.45, 7) is 10.6. The Bertz CT molecular complexity index is 834. The molecule has 4 nitrogen and oxygen atoms in total. The van der Waals surface area contributed by atoms with Crippen LogP contribution in [-0.4, -0.2) is 17.5 Å². The van der Waals surface area contributed by atoms with Crippen LogP contribution in [0.15, 0.2) is 36.4 Å². The van der Waals surface area contributed by atoms with E-state index in [1.165, 1.54) is 6.08 Å². The Kier molecular flexibility index (Phi) is 6.67. The number of aromatic hydroxyl groups is 1. The first-order chi connectivity index (χ1) is 12.8. The Labute approximate surface area is 161 Å². The molecule has 0 heterocycles. The molecule has 0 spiro atoms. The quantitative estimate of drug-likeness (QED) is 0.384. The minimum atomic E-state index is -0.155. The molecule has 2 aromatic rings. The number of benzene rings is 2. The summed E-state index contributed by atoms with van der Waals surface area (Å²) in [5, 5.41) is 10.8. The van der Waals surface area contributed by atoms with Crippen LogP contribution in [0.5, 0.6) is 11.5 Å². The van der Waals surface area contributed by atoms with E-state index in [2.05, 4.69) is 13.8 Å². The zero-order valence-corrected chi connectivity index (χ0v) is 16.7. The largest absolute Gasteiger partial charge is 0.507 e. The van der Waals surface area contributed by atoms with Crippen molar-refractivity contribution in [1.29, 1.82) is 0 Å². The highest BCUT2D eigenvalue weighted by molar-refractivity contribution is 6.07. The monoisotopic (exact) mass is 367 g/mol. The molecule has 144 valence electrons. The van der Waals surface area contributed by atoms with Crippen LogP contribution in [0.4, 0.5) is 5.69 Å². The Morgan fingerprint density at radius 3 is 2.22 bits per heavy atom. The third-order valence-electron chi connectivity index (χ3n) is 4.48. The molecule has 0 aliphatic rings. The van der Waals surface area contributed by atoms with E-state index in [0.717, 1.165) is 11.1 Å². The van der Waals surface area contributed by atoms with E-state index < -0.39 is 0 Å². The van der Waals surface area contributed by atoms with Crippen molar-refractivity contribution in [2.24, 2.45) is 0 Å². The Morgan fingerprint density at radius 2 is 1.70 bits per heavy atom. The number of carbonyl (C=O) groups excluding carboxylic acids is 1. The predicted molar refractivity (Wildman–Crippen MR) is 112 cm³/mol. The SMILES string of the molecule is CCOc1c(C(C)C)cc(C(C)C)c(O)c1/C=C/C(=O)c1ccc(N)cc1. The third-order valence-corrected chi connectivity index (χ3v) is 4.48. The number of phenolic OH excluding ortho intramolecular Hbond substituents is 1. The number of nitrogen functional groups attached to an aromatic ring is 1.